The molecule has 1 aliphatic heterocycles. The number of carbonyl (C=O) groups is 1. The van der Waals surface area contributed by atoms with E-state index in [0.717, 1.165) is 35.5 Å². The SMILES string of the molecule is CC(C)(C)C1CCC(=O)C(=CNCc2ccc3c(c2)OCO3)C1. The first-order valence-corrected chi connectivity index (χ1v) is 8.27. The molecular formula is C19H25NO3. The van der Waals surface area contributed by atoms with E-state index < -0.39 is 0 Å². The van der Waals surface area contributed by atoms with E-state index in [1.165, 1.54) is 0 Å². The van der Waals surface area contributed by atoms with E-state index in [1.807, 2.05) is 24.4 Å². The van der Waals surface area contributed by atoms with Crippen LogP contribution >= 0.6 is 0 Å². The van der Waals surface area contributed by atoms with Gasteiger partial charge in [0.05, 0.1) is 0 Å². The van der Waals surface area contributed by atoms with Crippen molar-refractivity contribution in [3.8, 4) is 11.5 Å². The summed E-state index contributed by atoms with van der Waals surface area (Å²) in [6.07, 6.45) is 4.45. The molecule has 0 aromatic heterocycles. The van der Waals surface area contributed by atoms with Crippen molar-refractivity contribution in [3.63, 3.8) is 0 Å². The topological polar surface area (TPSA) is 47.6 Å². The van der Waals surface area contributed by atoms with Crippen LogP contribution in [0.25, 0.3) is 0 Å². The van der Waals surface area contributed by atoms with Crippen LogP contribution in [0.5, 0.6) is 11.5 Å². The zero-order valence-electron chi connectivity index (χ0n) is 14.1. The van der Waals surface area contributed by atoms with Gasteiger partial charge < -0.3 is 14.8 Å². The standard InChI is InChI=1S/C19H25NO3/c1-19(2,3)15-5-6-16(21)14(9-15)11-20-10-13-4-7-17-18(8-13)23-12-22-17/h4,7-8,11,15,20H,5-6,9-10,12H2,1-3H3. The summed E-state index contributed by atoms with van der Waals surface area (Å²) in [6.45, 7) is 7.73. The van der Waals surface area contributed by atoms with Crippen molar-refractivity contribution in [2.45, 2.75) is 46.6 Å². The number of ketones is 1. The van der Waals surface area contributed by atoms with Gasteiger partial charge in [-0.15, -0.1) is 0 Å². The van der Waals surface area contributed by atoms with Crippen molar-refractivity contribution >= 4 is 5.78 Å². The van der Waals surface area contributed by atoms with Gasteiger partial charge in [0.15, 0.2) is 17.3 Å². The minimum absolute atomic E-state index is 0.247. The van der Waals surface area contributed by atoms with Crippen LogP contribution in [-0.2, 0) is 11.3 Å². The highest BCUT2D eigenvalue weighted by Gasteiger charge is 2.31. The summed E-state index contributed by atoms with van der Waals surface area (Å²) in [6, 6.07) is 5.92. The fourth-order valence-corrected chi connectivity index (χ4v) is 3.17. The van der Waals surface area contributed by atoms with Crippen LogP contribution in [0.2, 0.25) is 0 Å². The Kier molecular flexibility index (Phi) is 4.33. The number of fused-ring (bicyclic) bond motifs is 1. The lowest BCUT2D eigenvalue weighted by Gasteiger charge is -2.34. The average Bonchev–Trinajstić information content (AvgIpc) is 2.95. The molecule has 124 valence electrons. The number of ether oxygens (including phenoxy) is 2. The number of Topliss-reactive ketones (excluding diaryl/α,β-unsaturated/α-hetero) is 1. The Balaban J connectivity index is 1.61. The molecule has 0 bridgehead atoms. The molecule has 1 unspecified atom stereocenters. The molecule has 1 heterocycles. The van der Waals surface area contributed by atoms with Crippen molar-refractivity contribution in [2.75, 3.05) is 6.79 Å². The molecule has 0 spiro atoms. The summed E-state index contributed by atoms with van der Waals surface area (Å²) in [7, 11) is 0. The van der Waals surface area contributed by atoms with Crippen molar-refractivity contribution in [1.82, 2.24) is 5.32 Å². The molecule has 4 heteroatoms. The van der Waals surface area contributed by atoms with E-state index in [1.54, 1.807) is 0 Å². The molecule has 1 atom stereocenters. The maximum atomic E-state index is 12.1. The van der Waals surface area contributed by atoms with E-state index in [4.69, 9.17) is 9.47 Å². The number of benzene rings is 1. The van der Waals surface area contributed by atoms with Crippen molar-refractivity contribution in [2.24, 2.45) is 11.3 Å². The zero-order chi connectivity index (χ0) is 16.4. The molecule has 1 N–H and O–H groups in total. The molecule has 3 rings (SSSR count). The number of allylic oxidation sites excluding steroid dienone is 1. The number of nitrogens with one attached hydrogen (secondary N) is 1. The van der Waals surface area contributed by atoms with Gasteiger partial charge in [-0.2, -0.15) is 0 Å². The van der Waals surface area contributed by atoms with Crippen LogP contribution in [0.4, 0.5) is 0 Å². The van der Waals surface area contributed by atoms with Crippen LogP contribution in [0.3, 0.4) is 0 Å². The molecule has 4 nitrogen and oxygen atoms in total. The first-order valence-electron chi connectivity index (χ1n) is 8.27. The Bertz CT molecular complexity index is 628. The van der Waals surface area contributed by atoms with E-state index in [2.05, 4.69) is 26.1 Å². The van der Waals surface area contributed by atoms with Crippen LogP contribution in [-0.4, -0.2) is 12.6 Å². The van der Waals surface area contributed by atoms with Crippen LogP contribution < -0.4 is 14.8 Å². The summed E-state index contributed by atoms with van der Waals surface area (Å²) in [5.74, 6) is 2.43. The third kappa shape index (κ3) is 3.69. The van der Waals surface area contributed by atoms with E-state index in [0.29, 0.717) is 25.7 Å². The molecule has 0 amide bonds. The Morgan fingerprint density at radius 2 is 2.04 bits per heavy atom. The van der Waals surface area contributed by atoms with Gasteiger partial charge in [0.1, 0.15) is 0 Å². The van der Waals surface area contributed by atoms with E-state index in [9.17, 15) is 4.79 Å². The molecule has 1 saturated carbocycles. The monoisotopic (exact) mass is 315 g/mol. The van der Waals surface area contributed by atoms with Gasteiger partial charge in [0.2, 0.25) is 6.79 Å². The Labute approximate surface area is 137 Å². The highest BCUT2D eigenvalue weighted by molar-refractivity contribution is 5.96. The van der Waals surface area contributed by atoms with Crippen LogP contribution in [0, 0.1) is 11.3 Å². The number of hydrogen-bond donors (Lipinski definition) is 1. The highest BCUT2D eigenvalue weighted by Crippen LogP contribution is 2.38. The van der Waals surface area contributed by atoms with Gasteiger partial charge >= 0.3 is 0 Å². The molecule has 2 aliphatic rings. The fraction of sp³-hybridized carbons (Fsp3) is 0.526. The zero-order valence-corrected chi connectivity index (χ0v) is 14.1. The predicted octanol–water partition coefficient (Wildman–Crippen LogP) is 3.80. The van der Waals surface area contributed by atoms with Gasteiger partial charge in [-0.05, 0) is 41.9 Å². The summed E-state index contributed by atoms with van der Waals surface area (Å²) < 4.78 is 10.7. The van der Waals surface area contributed by atoms with Gasteiger partial charge in [-0.1, -0.05) is 26.8 Å². The van der Waals surface area contributed by atoms with Gasteiger partial charge in [0, 0.05) is 24.7 Å². The Morgan fingerprint density at radius 3 is 2.83 bits per heavy atom. The molecule has 23 heavy (non-hydrogen) atoms. The number of hydrogen-bond acceptors (Lipinski definition) is 4. The summed E-state index contributed by atoms with van der Waals surface area (Å²) >= 11 is 0. The van der Waals surface area contributed by atoms with Crippen molar-refractivity contribution in [3.05, 3.63) is 35.5 Å². The first kappa shape index (κ1) is 15.9. The largest absolute Gasteiger partial charge is 0.454 e. The lowest BCUT2D eigenvalue weighted by atomic mass is 9.71. The lowest BCUT2D eigenvalue weighted by Crippen LogP contribution is -2.28. The second-order valence-corrected chi connectivity index (χ2v) is 7.47. The molecule has 1 fully saturated rings. The maximum absolute atomic E-state index is 12.1. The minimum atomic E-state index is 0.247. The number of carbonyl (C=O) groups excluding carboxylic acids is 1. The first-order chi connectivity index (χ1) is 10.9. The quantitative estimate of drug-likeness (QED) is 0.862. The Morgan fingerprint density at radius 1 is 1.26 bits per heavy atom. The molecule has 0 saturated heterocycles. The van der Waals surface area contributed by atoms with Gasteiger partial charge in [-0.3, -0.25) is 4.79 Å². The van der Waals surface area contributed by atoms with Gasteiger partial charge in [-0.25, -0.2) is 0 Å². The molecule has 0 radical (unpaired) electrons. The van der Waals surface area contributed by atoms with E-state index >= 15 is 0 Å². The van der Waals surface area contributed by atoms with E-state index in [-0.39, 0.29) is 11.2 Å². The highest BCUT2D eigenvalue weighted by atomic mass is 16.7. The van der Waals surface area contributed by atoms with Gasteiger partial charge in [0.25, 0.3) is 0 Å². The summed E-state index contributed by atoms with van der Waals surface area (Å²) in [5.41, 5.74) is 2.29. The second-order valence-electron chi connectivity index (χ2n) is 7.47. The maximum Gasteiger partial charge on any atom is 0.231 e. The third-order valence-electron chi connectivity index (χ3n) is 4.79. The summed E-state index contributed by atoms with van der Waals surface area (Å²) in [5, 5.41) is 3.29. The lowest BCUT2D eigenvalue weighted by molar-refractivity contribution is -0.117. The van der Waals surface area contributed by atoms with Crippen molar-refractivity contribution in [1.29, 1.82) is 0 Å². The summed E-state index contributed by atoms with van der Waals surface area (Å²) in [4.78, 5) is 12.1. The van der Waals surface area contributed by atoms with Crippen molar-refractivity contribution < 1.29 is 14.3 Å². The van der Waals surface area contributed by atoms with Crippen LogP contribution in [0.1, 0.15) is 45.6 Å². The predicted molar refractivity (Wildman–Crippen MR) is 89.3 cm³/mol. The molecule has 1 aliphatic carbocycles. The molecule has 1 aromatic rings. The Hall–Kier alpha value is -1.97. The second kappa shape index (κ2) is 6.26. The smallest absolute Gasteiger partial charge is 0.231 e. The normalized spacial score (nSPS) is 22.5. The van der Waals surface area contributed by atoms with Crippen LogP contribution in [0.15, 0.2) is 30.0 Å². The minimum Gasteiger partial charge on any atom is -0.454 e. The third-order valence-corrected chi connectivity index (χ3v) is 4.79. The fourth-order valence-electron chi connectivity index (χ4n) is 3.17. The molecular weight excluding hydrogens is 290 g/mol. The molecule has 1 aromatic carbocycles. The average molecular weight is 315 g/mol. The number of rotatable bonds is 3.